The average molecular weight is 389 g/mol. The van der Waals surface area contributed by atoms with Gasteiger partial charge in [-0.3, -0.25) is 14.5 Å². The molecule has 2 aromatic rings. The summed E-state index contributed by atoms with van der Waals surface area (Å²) in [5, 5.41) is 3.56. The Balaban J connectivity index is 1.75. The Morgan fingerprint density at radius 3 is 2.64 bits per heavy atom. The van der Waals surface area contributed by atoms with Gasteiger partial charge >= 0.3 is 0 Å². The first-order valence-corrected chi connectivity index (χ1v) is 9.22. The normalized spacial score (nSPS) is 18.5. The smallest absolute Gasteiger partial charge is 0.290 e. The molecule has 3 rings (SSSR count). The van der Waals surface area contributed by atoms with Gasteiger partial charge in [0.2, 0.25) is 11.8 Å². The van der Waals surface area contributed by atoms with Gasteiger partial charge < -0.3 is 15.2 Å². The lowest BCUT2D eigenvalue weighted by Gasteiger charge is -2.34. The monoisotopic (exact) mass is 389 g/mol. The van der Waals surface area contributed by atoms with Gasteiger partial charge in [0.05, 0.1) is 6.54 Å². The SMILES string of the molecule is CC(C)[C@@H]1CN(Cc2nc(C(N)=O)no2)CCC(=O)N1Cc1ccc(F)cc1. The predicted molar refractivity (Wildman–Crippen MR) is 98.3 cm³/mol. The van der Waals surface area contributed by atoms with E-state index in [0.29, 0.717) is 32.6 Å². The van der Waals surface area contributed by atoms with Crippen molar-refractivity contribution in [2.75, 3.05) is 13.1 Å². The van der Waals surface area contributed by atoms with Crippen molar-refractivity contribution in [3.63, 3.8) is 0 Å². The molecule has 1 saturated heterocycles. The van der Waals surface area contributed by atoms with Gasteiger partial charge in [-0.05, 0) is 23.6 Å². The number of halogens is 1. The van der Waals surface area contributed by atoms with Crippen LogP contribution in [0.25, 0.3) is 0 Å². The van der Waals surface area contributed by atoms with Crippen molar-refractivity contribution in [1.82, 2.24) is 19.9 Å². The summed E-state index contributed by atoms with van der Waals surface area (Å²) in [6, 6.07) is 6.18. The van der Waals surface area contributed by atoms with E-state index in [0.717, 1.165) is 5.56 Å². The van der Waals surface area contributed by atoms with Crippen LogP contribution in [0.3, 0.4) is 0 Å². The highest BCUT2D eigenvalue weighted by Gasteiger charge is 2.32. The van der Waals surface area contributed by atoms with E-state index in [1.54, 1.807) is 12.1 Å². The van der Waals surface area contributed by atoms with Gasteiger partial charge in [0.25, 0.3) is 11.7 Å². The average Bonchev–Trinajstić information content (AvgIpc) is 3.06. The summed E-state index contributed by atoms with van der Waals surface area (Å²) in [5.74, 6) is -0.642. The minimum Gasteiger partial charge on any atom is -0.363 e. The predicted octanol–water partition coefficient (Wildman–Crippen LogP) is 1.57. The van der Waals surface area contributed by atoms with Crippen LogP contribution in [0.2, 0.25) is 0 Å². The zero-order valence-electron chi connectivity index (χ0n) is 16.0. The molecule has 0 saturated carbocycles. The molecule has 1 aliphatic heterocycles. The number of aromatic nitrogens is 2. The molecule has 1 aromatic heterocycles. The van der Waals surface area contributed by atoms with Crippen LogP contribution < -0.4 is 5.73 Å². The standard InChI is InChI=1S/C19H24FN5O3/c1-12(2)15-10-24(11-16-22-19(18(21)27)23-28-16)8-7-17(26)25(15)9-13-3-5-14(20)6-4-13/h3-6,12,15H,7-11H2,1-2H3,(H2,21,27)/t15-/m0/s1. The van der Waals surface area contributed by atoms with Crippen LogP contribution >= 0.6 is 0 Å². The van der Waals surface area contributed by atoms with E-state index >= 15 is 0 Å². The van der Waals surface area contributed by atoms with Crippen molar-refractivity contribution in [3.05, 3.63) is 47.4 Å². The number of nitrogens with two attached hydrogens (primary N) is 1. The Labute approximate surface area is 162 Å². The summed E-state index contributed by atoms with van der Waals surface area (Å²) in [6.45, 7) is 6.06. The first-order chi connectivity index (χ1) is 13.3. The van der Waals surface area contributed by atoms with Crippen LogP contribution in [0.15, 0.2) is 28.8 Å². The molecule has 28 heavy (non-hydrogen) atoms. The number of amides is 2. The van der Waals surface area contributed by atoms with Gasteiger partial charge in [-0.25, -0.2) is 4.39 Å². The highest BCUT2D eigenvalue weighted by atomic mass is 19.1. The van der Waals surface area contributed by atoms with Crippen LogP contribution in [-0.2, 0) is 17.9 Å². The van der Waals surface area contributed by atoms with E-state index < -0.39 is 5.91 Å². The highest BCUT2D eigenvalue weighted by molar-refractivity contribution is 5.88. The first-order valence-electron chi connectivity index (χ1n) is 9.22. The fourth-order valence-electron chi connectivity index (χ4n) is 3.35. The maximum Gasteiger partial charge on any atom is 0.290 e. The van der Waals surface area contributed by atoms with Crippen LogP contribution in [0.4, 0.5) is 4.39 Å². The molecule has 0 aliphatic carbocycles. The molecule has 2 heterocycles. The Bertz CT molecular complexity index is 836. The third-order valence-corrected chi connectivity index (χ3v) is 4.89. The topological polar surface area (TPSA) is 106 Å². The largest absolute Gasteiger partial charge is 0.363 e. The summed E-state index contributed by atoms with van der Waals surface area (Å²) in [5.41, 5.74) is 6.04. The van der Waals surface area contributed by atoms with Crippen molar-refractivity contribution in [2.24, 2.45) is 11.7 Å². The molecule has 1 aromatic carbocycles. The van der Waals surface area contributed by atoms with Gasteiger partial charge in [0.15, 0.2) is 0 Å². The van der Waals surface area contributed by atoms with Crippen LogP contribution in [0, 0.1) is 11.7 Å². The molecule has 0 radical (unpaired) electrons. The number of carbonyl (C=O) groups excluding carboxylic acids is 2. The molecule has 8 nitrogen and oxygen atoms in total. The van der Waals surface area contributed by atoms with Crippen molar-refractivity contribution in [3.8, 4) is 0 Å². The van der Waals surface area contributed by atoms with E-state index in [1.165, 1.54) is 12.1 Å². The Morgan fingerprint density at radius 1 is 1.32 bits per heavy atom. The van der Waals surface area contributed by atoms with E-state index in [-0.39, 0.29) is 35.4 Å². The first kappa shape index (κ1) is 19.9. The zero-order valence-corrected chi connectivity index (χ0v) is 16.0. The minimum atomic E-state index is -0.744. The highest BCUT2D eigenvalue weighted by Crippen LogP contribution is 2.22. The summed E-state index contributed by atoms with van der Waals surface area (Å²) >= 11 is 0. The van der Waals surface area contributed by atoms with E-state index in [1.807, 2.05) is 4.90 Å². The number of hydrogen-bond acceptors (Lipinski definition) is 6. The minimum absolute atomic E-state index is 0.0291. The summed E-state index contributed by atoms with van der Waals surface area (Å²) in [7, 11) is 0. The second-order valence-corrected chi connectivity index (χ2v) is 7.32. The summed E-state index contributed by atoms with van der Waals surface area (Å²) in [4.78, 5) is 31.8. The van der Waals surface area contributed by atoms with Gasteiger partial charge in [-0.2, -0.15) is 4.98 Å². The van der Waals surface area contributed by atoms with E-state index in [9.17, 15) is 14.0 Å². The Hall–Kier alpha value is -2.81. The Kier molecular flexibility index (Phi) is 6.03. The van der Waals surface area contributed by atoms with Crippen LogP contribution in [-0.4, -0.2) is 50.9 Å². The number of nitrogens with zero attached hydrogens (tertiary/aromatic N) is 4. The molecule has 0 spiro atoms. The van der Waals surface area contributed by atoms with Gasteiger partial charge in [0.1, 0.15) is 5.82 Å². The molecule has 0 bridgehead atoms. The third kappa shape index (κ3) is 4.72. The molecule has 150 valence electrons. The van der Waals surface area contributed by atoms with E-state index in [4.69, 9.17) is 10.3 Å². The quantitative estimate of drug-likeness (QED) is 0.804. The maximum atomic E-state index is 13.2. The molecule has 1 atom stereocenters. The van der Waals surface area contributed by atoms with Gasteiger partial charge in [-0.15, -0.1) is 0 Å². The molecular formula is C19H24FN5O3. The van der Waals surface area contributed by atoms with Gasteiger partial charge in [0, 0.05) is 32.1 Å². The van der Waals surface area contributed by atoms with Crippen LogP contribution in [0.5, 0.6) is 0 Å². The van der Waals surface area contributed by atoms with Gasteiger partial charge in [-0.1, -0.05) is 31.1 Å². The maximum absolute atomic E-state index is 13.2. The lowest BCUT2D eigenvalue weighted by Crippen LogP contribution is -2.45. The molecule has 2 N–H and O–H groups in total. The number of hydrogen-bond donors (Lipinski definition) is 1. The van der Waals surface area contributed by atoms with Crippen molar-refractivity contribution < 1.29 is 18.5 Å². The molecule has 1 fully saturated rings. The number of benzene rings is 1. The fourth-order valence-corrected chi connectivity index (χ4v) is 3.35. The third-order valence-electron chi connectivity index (χ3n) is 4.89. The second kappa shape index (κ2) is 8.47. The molecule has 1 aliphatic rings. The number of carbonyl (C=O) groups is 2. The number of primary amides is 1. The lowest BCUT2D eigenvalue weighted by atomic mass is 10.0. The lowest BCUT2D eigenvalue weighted by molar-refractivity contribution is -0.134. The molecule has 2 amide bonds. The zero-order chi connectivity index (χ0) is 20.3. The van der Waals surface area contributed by atoms with E-state index in [2.05, 4.69) is 28.9 Å². The van der Waals surface area contributed by atoms with Crippen molar-refractivity contribution >= 4 is 11.8 Å². The number of rotatable bonds is 6. The second-order valence-electron chi connectivity index (χ2n) is 7.32. The van der Waals surface area contributed by atoms with Crippen molar-refractivity contribution in [1.29, 1.82) is 0 Å². The van der Waals surface area contributed by atoms with Crippen LogP contribution in [0.1, 0.15) is 42.3 Å². The summed E-state index contributed by atoms with van der Waals surface area (Å²) in [6.07, 6.45) is 0.348. The Morgan fingerprint density at radius 2 is 2.04 bits per heavy atom. The molecule has 9 heteroatoms. The van der Waals surface area contributed by atoms with Crippen molar-refractivity contribution in [2.45, 2.75) is 39.4 Å². The molecule has 0 unspecified atom stereocenters. The summed E-state index contributed by atoms with van der Waals surface area (Å²) < 4.78 is 18.3. The molecular weight excluding hydrogens is 365 g/mol. The fraction of sp³-hybridized carbons (Fsp3) is 0.474.